The molecule has 3 rings (SSSR count). The van der Waals surface area contributed by atoms with Crippen molar-refractivity contribution in [3.63, 3.8) is 0 Å². The molecule has 0 unspecified atom stereocenters. The van der Waals surface area contributed by atoms with E-state index in [9.17, 15) is 18.0 Å². The predicted octanol–water partition coefficient (Wildman–Crippen LogP) is -1.36. The Hall–Kier alpha value is -2.29. The first kappa shape index (κ1) is 18.5. The number of aryl methyl sites for hydroxylation is 1. The first-order chi connectivity index (χ1) is 12.2. The van der Waals surface area contributed by atoms with E-state index in [2.05, 4.69) is 20.1 Å². The number of aromatic nitrogens is 3. The molecule has 0 aromatic carbocycles. The molecule has 1 aromatic heterocycles. The summed E-state index contributed by atoms with van der Waals surface area (Å²) in [5, 5.41) is 8.23. The average Bonchev–Trinajstić information content (AvgIpc) is 3.08. The lowest BCUT2D eigenvalue weighted by Gasteiger charge is -2.28. The van der Waals surface area contributed by atoms with Crippen LogP contribution < -0.4 is 5.48 Å². The lowest BCUT2D eigenvalue weighted by atomic mass is 10.0. The van der Waals surface area contributed by atoms with E-state index in [4.69, 9.17) is 9.39 Å². The van der Waals surface area contributed by atoms with Gasteiger partial charge < -0.3 is 4.90 Å². The number of amides is 3. The molecule has 0 saturated carbocycles. The Morgan fingerprint density at radius 1 is 1.46 bits per heavy atom. The molecule has 2 N–H and O–H groups in total. The van der Waals surface area contributed by atoms with Crippen LogP contribution in [0.25, 0.3) is 0 Å². The molecule has 13 nitrogen and oxygen atoms in total. The van der Waals surface area contributed by atoms with Gasteiger partial charge >= 0.3 is 16.4 Å². The van der Waals surface area contributed by atoms with Crippen molar-refractivity contribution in [3.05, 3.63) is 11.9 Å². The fourth-order valence-corrected chi connectivity index (χ4v) is 3.33. The summed E-state index contributed by atoms with van der Waals surface area (Å²) in [6, 6.07) is -2.17. The Morgan fingerprint density at radius 2 is 2.23 bits per heavy atom. The van der Waals surface area contributed by atoms with Crippen molar-refractivity contribution < 1.29 is 31.7 Å². The number of carbonyl (C=O) groups is 2. The molecule has 2 saturated heterocycles. The molecule has 144 valence electrons. The highest BCUT2D eigenvalue weighted by Crippen LogP contribution is 2.30. The molecule has 3 amide bonds. The summed E-state index contributed by atoms with van der Waals surface area (Å²) in [5.74, 6) is -0.528. The second-order valence-electron chi connectivity index (χ2n) is 5.95. The summed E-state index contributed by atoms with van der Waals surface area (Å²) in [5.41, 5.74) is 3.03. The first-order valence-corrected chi connectivity index (χ1v) is 9.16. The lowest BCUT2D eigenvalue weighted by Crippen LogP contribution is -2.49. The highest BCUT2D eigenvalue weighted by molar-refractivity contribution is 7.80. The molecule has 0 aliphatic carbocycles. The third kappa shape index (κ3) is 4.09. The Kier molecular flexibility index (Phi) is 5.08. The number of urea groups is 1. The molecule has 2 atom stereocenters. The van der Waals surface area contributed by atoms with Gasteiger partial charge in [-0.05, 0) is 19.8 Å². The highest BCUT2D eigenvalue weighted by atomic mass is 32.3. The summed E-state index contributed by atoms with van der Waals surface area (Å²) >= 11 is 0. The lowest BCUT2D eigenvalue weighted by molar-refractivity contribution is -0.139. The number of nitrogens with zero attached hydrogens (tertiary/aromatic N) is 5. The number of nitrogens with one attached hydrogen (secondary N) is 1. The molecule has 1 aromatic rings. The number of piperidine rings is 1. The number of hydrogen-bond acceptors (Lipinski definition) is 8. The van der Waals surface area contributed by atoms with Crippen LogP contribution in [0.5, 0.6) is 0 Å². The second-order valence-corrected chi connectivity index (χ2v) is 6.95. The summed E-state index contributed by atoms with van der Waals surface area (Å²) in [7, 11) is -4.82. The quantitative estimate of drug-likeness (QED) is 0.326. The number of carbonyl (C=O) groups excluding carboxylic acids is 2. The van der Waals surface area contributed by atoms with Crippen LogP contribution in [0.4, 0.5) is 4.79 Å². The van der Waals surface area contributed by atoms with Gasteiger partial charge in [0.2, 0.25) is 0 Å². The monoisotopic (exact) mass is 390 g/mol. The molecule has 14 heteroatoms. The third-order valence-electron chi connectivity index (χ3n) is 4.05. The van der Waals surface area contributed by atoms with Gasteiger partial charge in [0.15, 0.2) is 0 Å². The van der Waals surface area contributed by atoms with E-state index in [1.807, 2.05) is 0 Å². The van der Waals surface area contributed by atoms with Gasteiger partial charge in [0, 0.05) is 12.7 Å². The first-order valence-electron chi connectivity index (χ1n) is 7.80. The van der Waals surface area contributed by atoms with E-state index in [1.54, 1.807) is 17.8 Å². The van der Waals surface area contributed by atoms with Gasteiger partial charge in [-0.3, -0.25) is 14.2 Å². The third-order valence-corrected chi connectivity index (χ3v) is 4.40. The Morgan fingerprint density at radius 3 is 2.88 bits per heavy atom. The SMILES string of the molecule is Cc1cn(CCONC(=O)[C@@H]2CC[C@@H]3CN2C(=O)N3OS(=O)(=O)O)nn1. The van der Waals surface area contributed by atoms with Crippen molar-refractivity contribution in [2.45, 2.75) is 38.4 Å². The topological polar surface area (TPSA) is 156 Å². The zero-order valence-corrected chi connectivity index (χ0v) is 14.6. The van der Waals surface area contributed by atoms with Crippen LogP contribution in [-0.2, 0) is 30.9 Å². The van der Waals surface area contributed by atoms with Gasteiger partial charge in [-0.25, -0.2) is 15.0 Å². The highest BCUT2D eigenvalue weighted by Gasteiger charge is 2.49. The molecule has 0 spiro atoms. The zero-order chi connectivity index (χ0) is 18.9. The van der Waals surface area contributed by atoms with Gasteiger partial charge in [0.25, 0.3) is 5.91 Å². The van der Waals surface area contributed by atoms with Crippen LogP contribution >= 0.6 is 0 Å². The Bertz CT molecular complexity index is 796. The molecule has 2 fully saturated rings. The fourth-order valence-electron chi connectivity index (χ4n) is 2.94. The maximum atomic E-state index is 12.2. The largest absolute Gasteiger partial charge is 0.418 e. The van der Waals surface area contributed by atoms with E-state index in [0.29, 0.717) is 24.4 Å². The van der Waals surface area contributed by atoms with Gasteiger partial charge in [0.1, 0.15) is 6.04 Å². The summed E-state index contributed by atoms with van der Waals surface area (Å²) in [6.07, 6.45) is 2.37. The van der Waals surface area contributed by atoms with Gasteiger partial charge in [0.05, 0.1) is 24.9 Å². The average molecular weight is 390 g/mol. The van der Waals surface area contributed by atoms with E-state index in [1.165, 1.54) is 4.90 Å². The minimum absolute atomic E-state index is 0.116. The van der Waals surface area contributed by atoms with Crippen molar-refractivity contribution >= 4 is 22.3 Å². The Labute approximate surface area is 148 Å². The Balaban J connectivity index is 1.50. The van der Waals surface area contributed by atoms with Crippen LogP contribution in [0.1, 0.15) is 18.5 Å². The smallest absolute Gasteiger partial charge is 0.309 e. The molecular weight excluding hydrogens is 372 g/mol. The molecule has 2 bridgehead atoms. The maximum absolute atomic E-state index is 12.2. The van der Waals surface area contributed by atoms with Crippen molar-refractivity contribution in [1.29, 1.82) is 0 Å². The zero-order valence-electron chi connectivity index (χ0n) is 13.8. The maximum Gasteiger partial charge on any atom is 0.418 e. The van der Waals surface area contributed by atoms with Gasteiger partial charge in [-0.2, -0.15) is 13.5 Å². The number of hydrogen-bond donors (Lipinski definition) is 2. The fraction of sp³-hybridized carbons (Fsp3) is 0.667. The molecule has 3 heterocycles. The van der Waals surface area contributed by atoms with E-state index in [-0.39, 0.29) is 13.2 Å². The summed E-state index contributed by atoms with van der Waals surface area (Å²) in [4.78, 5) is 30.7. The molecule has 26 heavy (non-hydrogen) atoms. The number of rotatable bonds is 7. The van der Waals surface area contributed by atoms with Crippen molar-refractivity contribution in [3.8, 4) is 0 Å². The molecular formula is C12H18N6O7S. The molecule has 0 radical (unpaired) electrons. The van der Waals surface area contributed by atoms with Gasteiger partial charge in [-0.1, -0.05) is 5.21 Å². The summed E-state index contributed by atoms with van der Waals surface area (Å²) < 4.78 is 36.3. The predicted molar refractivity (Wildman–Crippen MR) is 82.2 cm³/mol. The van der Waals surface area contributed by atoms with Crippen LogP contribution in [0.3, 0.4) is 0 Å². The summed E-state index contributed by atoms with van der Waals surface area (Å²) in [6.45, 7) is 2.44. The normalized spacial score (nSPS) is 22.8. The number of fused-ring (bicyclic) bond motifs is 2. The van der Waals surface area contributed by atoms with Crippen LogP contribution in [0, 0.1) is 6.92 Å². The number of hydroxylamine groups is 3. The molecule has 2 aliphatic heterocycles. The van der Waals surface area contributed by atoms with Crippen LogP contribution in [0.2, 0.25) is 0 Å². The van der Waals surface area contributed by atoms with Crippen LogP contribution in [-0.4, -0.2) is 75.1 Å². The molecule has 2 aliphatic rings. The minimum atomic E-state index is -4.82. The van der Waals surface area contributed by atoms with Crippen molar-refractivity contribution in [1.82, 2.24) is 30.4 Å². The van der Waals surface area contributed by atoms with Crippen molar-refractivity contribution in [2.75, 3.05) is 13.2 Å². The van der Waals surface area contributed by atoms with E-state index >= 15 is 0 Å². The second kappa shape index (κ2) is 7.14. The van der Waals surface area contributed by atoms with E-state index in [0.717, 1.165) is 5.69 Å². The van der Waals surface area contributed by atoms with Gasteiger partial charge in [-0.15, -0.1) is 9.38 Å². The minimum Gasteiger partial charge on any atom is -0.309 e. The van der Waals surface area contributed by atoms with Crippen LogP contribution in [0.15, 0.2) is 6.20 Å². The van der Waals surface area contributed by atoms with Crippen molar-refractivity contribution in [2.24, 2.45) is 0 Å². The van der Waals surface area contributed by atoms with E-state index < -0.39 is 34.4 Å². The standard InChI is InChI=1S/C12H18N6O7S/c1-8-6-16(15-13-8)4-5-24-14-11(19)10-3-2-9-7-17(10)12(20)18(9)25-26(21,22)23/h6,9-10H,2-5,7H2,1H3,(H,14,19)(H,21,22,23)/t9-,10+/m1/s1.